The predicted octanol–water partition coefficient (Wildman–Crippen LogP) is 3.88. The van der Waals surface area contributed by atoms with Crippen LogP contribution in [0.25, 0.3) is 6.08 Å². The van der Waals surface area contributed by atoms with E-state index in [0.29, 0.717) is 24.4 Å². The highest BCUT2D eigenvalue weighted by molar-refractivity contribution is 6.03. The minimum atomic E-state index is -0.259. The molecule has 2 rings (SSSR count). The summed E-state index contributed by atoms with van der Waals surface area (Å²) in [6, 6.07) is 14.4. The van der Waals surface area contributed by atoms with Gasteiger partial charge in [-0.15, -0.1) is 0 Å². The third-order valence-electron chi connectivity index (χ3n) is 3.55. The molecule has 0 atom stereocenters. The van der Waals surface area contributed by atoms with Gasteiger partial charge in [-0.1, -0.05) is 25.1 Å². The number of amides is 2. The molecule has 0 aliphatic heterocycles. The first kappa shape index (κ1) is 19.2. The molecule has 0 heterocycles. The fourth-order valence-corrected chi connectivity index (χ4v) is 2.28. The number of hydrogen-bond acceptors (Lipinski definition) is 3. The molecular weight excluding hydrogens is 328 g/mol. The lowest BCUT2D eigenvalue weighted by atomic mass is 10.1. The Morgan fingerprint density at radius 3 is 2.54 bits per heavy atom. The lowest BCUT2D eigenvalue weighted by Crippen LogP contribution is -2.24. The molecule has 0 aromatic heterocycles. The molecule has 26 heavy (non-hydrogen) atoms. The van der Waals surface area contributed by atoms with Crippen LogP contribution in [-0.2, 0) is 4.79 Å². The van der Waals surface area contributed by atoms with Crippen LogP contribution >= 0.6 is 0 Å². The van der Waals surface area contributed by atoms with Gasteiger partial charge in [0.05, 0.1) is 6.61 Å². The molecular formula is C21H24N2O3. The zero-order chi connectivity index (χ0) is 18.8. The van der Waals surface area contributed by atoms with E-state index >= 15 is 0 Å². The average molecular weight is 352 g/mol. The molecule has 0 fully saturated rings. The van der Waals surface area contributed by atoms with Crippen LogP contribution in [0.2, 0.25) is 0 Å². The Morgan fingerprint density at radius 1 is 1.08 bits per heavy atom. The maximum Gasteiger partial charge on any atom is 0.251 e. The quantitative estimate of drug-likeness (QED) is 0.709. The summed E-state index contributed by atoms with van der Waals surface area (Å²) in [5.41, 5.74) is 2.00. The van der Waals surface area contributed by atoms with Crippen molar-refractivity contribution in [3.05, 3.63) is 65.7 Å². The van der Waals surface area contributed by atoms with Crippen molar-refractivity contribution < 1.29 is 14.3 Å². The van der Waals surface area contributed by atoms with E-state index in [0.717, 1.165) is 17.7 Å². The van der Waals surface area contributed by atoms with Crippen molar-refractivity contribution in [3.8, 4) is 5.75 Å². The van der Waals surface area contributed by atoms with Crippen molar-refractivity contribution in [2.45, 2.75) is 20.3 Å². The van der Waals surface area contributed by atoms with Crippen LogP contribution in [0.5, 0.6) is 5.75 Å². The molecule has 0 saturated carbocycles. The Morgan fingerprint density at radius 2 is 1.85 bits per heavy atom. The molecule has 0 unspecified atom stereocenters. The van der Waals surface area contributed by atoms with Gasteiger partial charge in [-0.05, 0) is 55.3 Å². The van der Waals surface area contributed by atoms with Crippen LogP contribution in [0.4, 0.5) is 5.69 Å². The van der Waals surface area contributed by atoms with Crippen LogP contribution in [0.15, 0.2) is 54.6 Å². The third-order valence-corrected chi connectivity index (χ3v) is 3.55. The summed E-state index contributed by atoms with van der Waals surface area (Å²) in [5.74, 6) is 0.394. The molecule has 0 spiro atoms. The molecule has 0 aliphatic carbocycles. The number of ether oxygens (including phenoxy) is 1. The summed E-state index contributed by atoms with van der Waals surface area (Å²) in [6.07, 6.45) is 4.06. The summed E-state index contributed by atoms with van der Waals surface area (Å²) in [7, 11) is 0. The zero-order valence-corrected chi connectivity index (χ0v) is 15.1. The maximum atomic E-state index is 12.1. The van der Waals surface area contributed by atoms with Crippen LogP contribution in [0.3, 0.4) is 0 Å². The first-order chi connectivity index (χ1) is 12.6. The third kappa shape index (κ3) is 6.09. The summed E-state index contributed by atoms with van der Waals surface area (Å²) in [5, 5.41) is 5.58. The number of hydrogen-bond donors (Lipinski definition) is 2. The van der Waals surface area contributed by atoms with E-state index in [4.69, 9.17) is 4.74 Å². The smallest absolute Gasteiger partial charge is 0.251 e. The predicted molar refractivity (Wildman–Crippen MR) is 104 cm³/mol. The highest BCUT2D eigenvalue weighted by Gasteiger charge is 2.06. The average Bonchev–Trinajstić information content (AvgIpc) is 2.66. The second-order valence-electron chi connectivity index (χ2n) is 5.66. The summed E-state index contributed by atoms with van der Waals surface area (Å²) in [6.45, 7) is 5.17. The first-order valence-electron chi connectivity index (χ1n) is 8.72. The van der Waals surface area contributed by atoms with Gasteiger partial charge in [0.15, 0.2) is 0 Å². The van der Waals surface area contributed by atoms with E-state index in [1.54, 1.807) is 30.3 Å². The van der Waals surface area contributed by atoms with E-state index in [-0.39, 0.29) is 11.8 Å². The van der Waals surface area contributed by atoms with E-state index in [2.05, 4.69) is 10.6 Å². The molecule has 2 aromatic carbocycles. The van der Waals surface area contributed by atoms with Crippen LogP contribution in [0.1, 0.15) is 36.2 Å². The number of rotatable bonds is 8. The second-order valence-corrected chi connectivity index (χ2v) is 5.66. The van der Waals surface area contributed by atoms with E-state index < -0.39 is 0 Å². The first-order valence-corrected chi connectivity index (χ1v) is 8.72. The van der Waals surface area contributed by atoms with Gasteiger partial charge in [0.25, 0.3) is 5.91 Å². The van der Waals surface area contributed by atoms with Crippen molar-refractivity contribution in [1.82, 2.24) is 5.32 Å². The number of benzene rings is 2. The van der Waals surface area contributed by atoms with Gasteiger partial charge in [-0.3, -0.25) is 9.59 Å². The number of anilines is 1. The fourth-order valence-electron chi connectivity index (χ4n) is 2.28. The van der Waals surface area contributed by atoms with Gasteiger partial charge in [0.1, 0.15) is 5.75 Å². The molecule has 5 nitrogen and oxygen atoms in total. The number of carbonyl (C=O) groups excluding carboxylic acids is 2. The van der Waals surface area contributed by atoms with Crippen molar-refractivity contribution in [2.75, 3.05) is 18.5 Å². The molecule has 0 radical (unpaired) electrons. The lowest BCUT2D eigenvalue weighted by molar-refractivity contribution is -0.111. The molecule has 0 saturated heterocycles. The normalized spacial score (nSPS) is 10.5. The van der Waals surface area contributed by atoms with E-state index in [1.165, 1.54) is 6.08 Å². The maximum absolute atomic E-state index is 12.1. The summed E-state index contributed by atoms with van der Waals surface area (Å²) >= 11 is 0. The van der Waals surface area contributed by atoms with E-state index in [9.17, 15) is 9.59 Å². The highest BCUT2D eigenvalue weighted by atomic mass is 16.5. The Kier molecular flexibility index (Phi) is 7.43. The molecule has 0 bridgehead atoms. The van der Waals surface area contributed by atoms with Crippen LogP contribution in [0, 0.1) is 0 Å². The van der Waals surface area contributed by atoms with E-state index in [1.807, 2.05) is 38.1 Å². The standard InChI is InChI=1S/C21H24N2O3/c1-3-14-22-21(25)17-6-5-7-18(15-17)23-20(24)13-10-16-8-11-19(12-9-16)26-4-2/h5-13,15H,3-4,14H2,1-2H3,(H,22,25)(H,23,24)/b13-10+. The van der Waals surface area contributed by atoms with Gasteiger partial charge in [-0.2, -0.15) is 0 Å². The Bertz CT molecular complexity index is 767. The van der Waals surface area contributed by atoms with Gasteiger partial charge in [0.2, 0.25) is 5.91 Å². The van der Waals surface area contributed by atoms with Crippen molar-refractivity contribution in [3.63, 3.8) is 0 Å². The number of nitrogens with one attached hydrogen (secondary N) is 2. The van der Waals surface area contributed by atoms with Crippen LogP contribution in [-0.4, -0.2) is 25.0 Å². The molecule has 2 N–H and O–H groups in total. The summed E-state index contributed by atoms with van der Waals surface area (Å²) < 4.78 is 5.38. The molecule has 136 valence electrons. The van der Waals surface area contributed by atoms with Crippen molar-refractivity contribution >= 4 is 23.6 Å². The topological polar surface area (TPSA) is 67.4 Å². The van der Waals surface area contributed by atoms with Gasteiger partial charge in [0, 0.05) is 23.9 Å². The monoisotopic (exact) mass is 352 g/mol. The van der Waals surface area contributed by atoms with Crippen LogP contribution < -0.4 is 15.4 Å². The lowest BCUT2D eigenvalue weighted by Gasteiger charge is -2.06. The molecule has 0 aliphatic rings. The van der Waals surface area contributed by atoms with Gasteiger partial charge >= 0.3 is 0 Å². The minimum Gasteiger partial charge on any atom is -0.494 e. The Labute approximate surface area is 154 Å². The molecule has 2 aromatic rings. The minimum absolute atomic E-state index is 0.145. The highest BCUT2D eigenvalue weighted by Crippen LogP contribution is 2.14. The van der Waals surface area contributed by atoms with Gasteiger partial charge < -0.3 is 15.4 Å². The van der Waals surface area contributed by atoms with Gasteiger partial charge in [-0.25, -0.2) is 0 Å². The fraction of sp³-hybridized carbons (Fsp3) is 0.238. The molecule has 5 heteroatoms. The van der Waals surface area contributed by atoms with Crippen molar-refractivity contribution in [2.24, 2.45) is 0 Å². The number of carbonyl (C=O) groups is 2. The summed E-state index contributed by atoms with van der Waals surface area (Å²) in [4.78, 5) is 24.1. The largest absolute Gasteiger partial charge is 0.494 e. The second kappa shape index (κ2) is 10.0. The molecule has 2 amide bonds. The SMILES string of the molecule is CCCNC(=O)c1cccc(NC(=O)/C=C/c2ccc(OCC)cc2)c1. The Balaban J connectivity index is 1.95. The zero-order valence-electron chi connectivity index (χ0n) is 15.1. The Hall–Kier alpha value is -3.08. The van der Waals surface area contributed by atoms with Crippen molar-refractivity contribution in [1.29, 1.82) is 0 Å².